The summed E-state index contributed by atoms with van der Waals surface area (Å²) in [6.07, 6.45) is 1.23. The van der Waals surface area contributed by atoms with E-state index in [0.29, 0.717) is 25.1 Å². The Bertz CT molecular complexity index is 1270. The molecule has 1 amide bonds. The summed E-state index contributed by atoms with van der Waals surface area (Å²) in [7, 11) is 0. The first-order chi connectivity index (χ1) is 14.0. The standard InChI is InChI=1S/C22H20N4O3/c1-14(16-9-4-7-15-6-2-3-8-17(15)16)24-20(27)13-26-21(28)18(12-23)19-10-5-11-25(19)22(26)29/h2-4,6-9,14H,5,10-11,13H2,1H3,(H,24,27)/t14-/m0/s1. The van der Waals surface area contributed by atoms with Gasteiger partial charge in [0.15, 0.2) is 0 Å². The fourth-order valence-electron chi connectivity index (χ4n) is 4.02. The van der Waals surface area contributed by atoms with Gasteiger partial charge in [-0.2, -0.15) is 5.26 Å². The summed E-state index contributed by atoms with van der Waals surface area (Å²) in [6, 6.07) is 15.3. The number of nitriles is 1. The smallest absolute Gasteiger partial charge is 0.331 e. The Morgan fingerprint density at radius 2 is 1.97 bits per heavy atom. The number of benzene rings is 2. The van der Waals surface area contributed by atoms with Crippen LogP contribution in [0, 0.1) is 11.3 Å². The monoisotopic (exact) mass is 388 g/mol. The van der Waals surface area contributed by atoms with E-state index in [1.165, 1.54) is 4.57 Å². The molecule has 1 aliphatic heterocycles. The van der Waals surface area contributed by atoms with E-state index in [1.54, 1.807) is 0 Å². The molecule has 0 radical (unpaired) electrons. The minimum absolute atomic E-state index is 0.0444. The van der Waals surface area contributed by atoms with Crippen LogP contribution in [-0.2, 0) is 24.3 Å². The second-order valence-electron chi connectivity index (χ2n) is 7.22. The summed E-state index contributed by atoms with van der Waals surface area (Å²) < 4.78 is 2.29. The molecule has 2 aromatic carbocycles. The number of hydrogen-bond acceptors (Lipinski definition) is 4. The molecule has 7 nitrogen and oxygen atoms in total. The lowest BCUT2D eigenvalue weighted by molar-refractivity contribution is -0.122. The molecule has 1 aliphatic rings. The zero-order chi connectivity index (χ0) is 20.5. The van der Waals surface area contributed by atoms with E-state index in [9.17, 15) is 19.6 Å². The van der Waals surface area contributed by atoms with Crippen LogP contribution in [0.25, 0.3) is 10.8 Å². The number of nitrogens with one attached hydrogen (secondary N) is 1. The van der Waals surface area contributed by atoms with Gasteiger partial charge in [0.25, 0.3) is 5.56 Å². The van der Waals surface area contributed by atoms with Gasteiger partial charge in [-0.05, 0) is 36.1 Å². The molecule has 29 heavy (non-hydrogen) atoms. The second-order valence-corrected chi connectivity index (χ2v) is 7.22. The van der Waals surface area contributed by atoms with Gasteiger partial charge in [0.1, 0.15) is 18.2 Å². The number of carbonyl (C=O) groups is 1. The largest absolute Gasteiger partial charge is 0.348 e. The summed E-state index contributed by atoms with van der Waals surface area (Å²) in [5.74, 6) is -0.452. The van der Waals surface area contributed by atoms with Crippen LogP contribution in [0.1, 0.15) is 36.2 Å². The molecule has 146 valence electrons. The van der Waals surface area contributed by atoms with E-state index < -0.39 is 23.7 Å². The van der Waals surface area contributed by atoms with Crippen LogP contribution in [0.4, 0.5) is 0 Å². The highest BCUT2D eigenvalue weighted by molar-refractivity contribution is 5.86. The molecule has 4 rings (SSSR count). The normalized spacial score (nSPS) is 13.7. The highest BCUT2D eigenvalue weighted by atomic mass is 16.2. The third kappa shape index (κ3) is 3.23. The molecule has 0 aliphatic carbocycles. The van der Waals surface area contributed by atoms with Crippen molar-refractivity contribution < 1.29 is 4.79 Å². The Labute approximate surface area is 166 Å². The Hall–Kier alpha value is -3.66. The molecule has 7 heteroatoms. The first kappa shape index (κ1) is 18.7. The van der Waals surface area contributed by atoms with Crippen molar-refractivity contribution in [2.75, 3.05) is 0 Å². The highest BCUT2D eigenvalue weighted by Gasteiger charge is 2.24. The van der Waals surface area contributed by atoms with Gasteiger partial charge in [-0.15, -0.1) is 0 Å². The lowest BCUT2D eigenvalue weighted by Crippen LogP contribution is -2.45. The minimum atomic E-state index is -0.696. The van der Waals surface area contributed by atoms with Gasteiger partial charge >= 0.3 is 5.69 Å². The quantitative estimate of drug-likeness (QED) is 0.738. The number of nitrogens with zero attached hydrogens (tertiary/aromatic N) is 3. The van der Waals surface area contributed by atoms with Crippen LogP contribution in [0.2, 0.25) is 0 Å². The first-order valence-corrected chi connectivity index (χ1v) is 9.55. The van der Waals surface area contributed by atoms with Crippen molar-refractivity contribution in [2.24, 2.45) is 0 Å². The third-order valence-electron chi connectivity index (χ3n) is 5.41. The Kier molecular flexibility index (Phi) is 4.77. The van der Waals surface area contributed by atoms with Crippen LogP contribution >= 0.6 is 0 Å². The van der Waals surface area contributed by atoms with Crippen molar-refractivity contribution in [2.45, 2.75) is 38.9 Å². The minimum Gasteiger partial charge on any atom is -0.348 e. The predicted molar refractivity (Wildman–Crippen MR) is 109 cm³/mol. The van der Waals surface area contributed by atoms with Crippen LogP contribution in [0.15, 0.2) is 52.1 Å². The van der Waals surface area contributed by atoms with Crippen molar-refractivity contribution in [1.29, 1.82) is 5.26 Å². The molecule has 1 atom stereocenters. The maximum Gasteiger partial charge on any atom is 0.331 e. The van der Waals surface area contributed by atoms with Gasteiger partial charge < -0.3 is 5.32 Å². The van der Waals surface area contributed by atoms with Gasteiger partial charge in [0.05, 0.1) is 6.04 Å². The zero-order valence-electron chi connectivity index (χ0n) is 16.0. The summed E-state index contributed by atoms with van der Waals surface area (Å²) in [5.41, 5.74) is 0.153. The second kappa shape index (κ2) is 7.40. The molecule has 2 heterocycles. The molecule has 0 unspecified atom stereocenters. The van der Waals surface area contributed by atoms with Crippen molar-refractivity contribution in [1.82, 2.24) is 14.5 Å². The fraction of sp³-hybridized carbons (Fsp3) is 0.273. The average molecular weight is 388 g/mol. The number of aromatic nitrogens is 2. The number of carbonyl (C=O) groups excluding carboxylic acids is 1. The average Bonchev–Trinajstić information content (AvgIpc) is 3.21. The Morgan fingerprint density at radius 3 is 2.76 bits per heavy atom. The molecule has 1 N–H and O–H groups in total. The van der Waals surface area contributed by atoms with Crippen molar-refractivity contribution in [3.05, 3.63) is 80.1 Å². The molecule has 0 fully saturated rings. The fourth-order valence-corrected chi connectivity index (χ4v) is 4.02. The van der Waals surface area contributed by atoms with Gasteiger partial charge in [-0.25, -0.2) is 9.36 Å². The van der Waals surface area contributed by atoms with E-state index in [1.807, 2.05) is 55.5 Å². The summed E-state index contributed by atoms with van der Waals surface area (Å²) in [6.45, 7) is 1.90. The summed E-state index contributed by atoms with van der Waals surface area (Å²) in [4.78, 5) is 37.9. The maximum atomic E-state index is 12.7. The van der Waals surface area contributed by atoms with E-state index in [4.69, 9.17) is 0 Å². The number of amides is 1. The maximum absolute atomic E-state index is 12.7. The predicted octanol–water partition coefficient (Wildman–Crippen LogP) is 1.86. The Morgan fingerprint density at radius 1 is 1.21 bits per heavy atom. The topological polar surface area (TPSA) is 96.9 Å². The van der Waals surface area contributed by atoms with E-state index in [0.717, 1.165) is 20.9 Å². The molecular formula is C22H20N4O3. The SMILES string of the molecule is C[C@H](NC(=O)Cn1c(=O)c(C#N)c2n(c1=O)CCC2)c1cccc2ccccc12. The van der Waals surface area contributed by atoms with Crippen LogP contribution in [-0.4, -0.2) is 15.0 Å². The van der Waals surface area contributed by atoms with E-state index in [-0.39, 0.29) is 11.6 Å². The van der Waals surface area contributed by atoms with Gasteiger partial charge in [-0.3, -0.25) is 14.2 Å². The highest BCUT2D eigenvalue weighted by Crippen LogP contribution is 2.24. The molecule has 0 saturated heterocycles. The lowest BCUT2D eigenvalue weighted by atomic mass is 10.00. The molecule has 3 aromatic rings. The number of fused-ring (bicyclic) bond motifs is 2. The molecule has 0 saturated carbocycles. The van der Waals surface area contributed by atoms with Gasteiger partial charge in [0.2, 0.25) is 5.91 Å². The summed E-state index contributed by atoms with van der Waals surface area (Å²) >= 11 is 0. The first-order valence-electron chi connectivity index (χ1n) is 9.55. The van der Waals surface area contributed by atoms with Gasteiger partial charge in [0, 0.05) is 12.2 Å². The van der Waals surface area contributed by atoms with E-state index >= 15 is 0 Å². The molecule has 0 spiro atoms. The third-order valence-corrected chi connectivity index (χ3v) is 5.41. The van der Waals surface area contributed by atoms with Crippen molar-refractivity contribution in [3.63, 3.8) is 0 Å². The Balaban J connectivity index is 1.62. The molecule has 0 bridgehead atoms. The summed E-state index contributed by atoms with van der Waals surface area (Å²) in [5, 5.41) is 14.3. The number of hydrogen-bond donors (Lipinski definition) is 1. The van der Waals surface area contributed by atoms with Gasteiger partial charge in [-0.1, -0.05) is 42.5 Å². The van der Waals surface area contributed by atoms with E-state index in [2.05, 4.69) is 5.32 Å². The van der Waals surface area contributed by atoms with Crippen LogP contribution in [0.5, 0.6) is 0 Å². The lowest BCUT2D eigenvalue weighted by Gasteiger charge is -2.17. The molecule has 1 aromatic heterocycles. The van der Waals surface area contributed by atoms with Crippen molar-refractivity contribution in [3.8, 4) is 6.07 Å². The zero-order valence-corrected chi connectivity index (χ0v) is 16.0. The van der Waals surface area contributed by atoms with Crippen LogP contribution in [0.3, 0.4) is 0 Å². The molecular weight excluding hydrogens is 368 g/mol. The van der Waals surface area contributed by atoms with Crippen molar-refractivity contribution >= 4 is 16.7 Å². The number of rotatable bonds is 4. The van der Waals surface area contributed by atoms with Crippen LogP contribution < -0.4 is 16.6 Å².